The summed E-state index contributed by atoms with van der Waals surface area (Å²) in [6.45, 7) is 0. The Kier molecular flexibility index (Phi) is 3.57. The van der Waals surface area contributed by atoms with Gasteiger partial charge in [0.25, 0.3) is 0 Å². The van der Waals surface area contributed by atoms with E-state index in [2.05, 4.69) is 0 Å². The van der Waals surface area contributed by atoms with Crippen molar-refractivity contribution in [2.75, 3.05) is 5.73 Å². The monoisotopic (exact) mass is 281 g/mol. The molecule has 0 aliphatic carbocycles. The normalized spacial score (nSPS) is 10.2. The molecule has 0 fully saturated rings. The smallest absolute Gasteiger partial charge is 0.338 e. The van der Waals surface area contributed by atoms with Crippen molar-refractivity contribution in [3.63, 3.8) is 0 Å². The number of benzene rings is 2. The number of hydrogen-bond donors (Lipinski definition) is 2. The van der Waals surface area contributed by atoms with Crippen LogP contribution in [0.1, 0.15) is 10.4 Å². The standard InChI is InChI=1S/C13H9ClFNO3/c14-7-1-3-8(4-2-7)19-12-6-10(15)9(13(17)18)5-11(12)16/h1-6H,16H2,(H,17,18). The fourth-order valence-electron chi connectivity index (χ4n) is 1.45. The molecule has 0 atom stereocenters. The molecule has 0 heterocycles. The van der Waals surface area contributed by atoms with Crippen molar-refractivity contribution < 1.29 is 19.0 Å². The van der Waals surface area contributed by atoms with Crippen LogP contribution < -0.4 is 10.5 Å². The molecule has 0 bridgehead atoms. The van der Waals surface area contributed by atoms with Gasteiger partial charge in [0.2, 0.25) is 0 Å². The number of carboxylic acids is 1. The maximum Gasteiger partial charge on any atom is 0.338 e. The number of nitrogens with two attached hydrogens (primary N) is 1. The molecule has 0 radical (unpaired) electrons. The van der Waals surface area contributed by atoms with E-state index in [-0.39, 0.29) is 11.4 Å². The number of halogens is 2. The van der Waals surface area contributed by atoms with Crippen LogP contribution in [0.5, 0.6) is 11.5 Å². The van der Waals surface area contributed by atoms with Crippen molar-refractivity contribution in [1.29, 1.82) is 0 Å². The molecule has 0 aliphatic rings. The van der Waals surface area contributed by atoms with Crippen molar-refractivity contribution in [1.82, 2.24) is 0 Å². The van der Waals surface area contributed by atoms with Gasteiger partial charge in [-0.2, -0.15) is 0 Å². The molecule has 0 unspecified atom stereocenters. The zero-order valence-corrected chi connectivity index (χ0v) is 10.3. The SMILES string of the molecule is Nc1cc(C(=O)O)c(F)cc1Oc1ccc(Cl)cc1. The third-order valence-electron chi connectivity index (χ3n) is 2.37. The highest BCUT2D eigenvalue weighted by Crippen LogP contribution is 2.30. The number of aromatic carboxylic acids is 1. The minimum Gasteiger partial charge on any atom is -0.478 e. The molecule has 0 amide bonds. The first-order valence-electron chi connectivity index (χ1n) is 5.23. The first-order valence-corrected chi connectivity index (χ1v) is 5.61. The second kappa shape index (κ2) is 5.16. The average Bonchev–Trinajstić information content (AvgIpc) is 2.35. The quantitative estimate of drug-likeness (QED) is 0.844. The van der Waals surface area contributed by atoms with Crippen LogP contribution in [0.25, 0.3) is 0 Å². The van der Waals surface area contributed by atoms with Gasteiger partial charge in [-0.05, 0) is 30.3 Å². The second-order valence-electron chi connectivity index (χ2n) is 3.73. The molecule has 4 nitrogen and oxygen atoms in total. The lowest BCUT2D eigenvalue weighted by molar-refractivity contribution is 0.0692. The van der Waals surface area contributed by atoms with E-state index in [1.54, 1.807) is 24.3 Å². The van der Waals surface area contributed by atoms with Crippen molar-refractivity contribution in [2.45, 2.75) is 0 Å². The molecular weight excluding hydrogens is 273 g/mol. The first-order chi connectivity index (χ1) is 8.97. The topological polar surface area (TPSA) is 72.6 Å². The van der Waals surface area contributed by atoms with E-state index in [0.717, 1.165) is 12.1 Å². The van der Waals surface area contributed by atoms with E-state index in [1.165, 1.54) is 0 Å². The summed E-state index contributed by atoms with van der Waals surface area (Å²) in [5.41, 5.74) is 5.16. The van der Waals surface area contributed by atoms with Crippen molar-refractivity contribution in [3.8, 4) is 11.5 Å². The summed E-state index contributed by atoms with van der Waals surface area (Å²) in [5, 5.41) is 9.29. The van der Waals surface area contributed by atoms with E-state index in [9.17, 15) is 9.18 Å². The van der Waals surface area contributed by atoms with Gasteiger partial charge in [0.15, 0.2) is 5.75 Å². The number of rotatable bonds is 3. The molecule has 19 heavy (non-hydrogen) atoms. The second-order valence-corrected chi connectivity index (χ2v) is 4.17. The maximum absolute atomic E-state index is 13.5. The fraction of sp³-hybridized carbons (Fsp3) is 0. The molecule has 98 valence electrons. The van der Waals surface area contributed by atoms with Crippen molar-refractivity contribution in [3.05, 3.63) is 52.8 Å². The molecular formula is C13H9ClFNO3. The lowest BCUT2D eigenvalue weighted by Crippen LogP contribution is -2.03. The van der Waals surface area contributed by atoms with Gasteiger partial charge in [-0.3, -0.25) is 0 Å². The van der Waals surface area contributed by atoms with E-state index < -0.39 is 17.3 Å². The number of carbonyl (C=O) groups is 1. The molecule has 6 heteroatoms. The van der Waals surface area contributed by atoms with Crippen LogP contribution in [0.2, 0.25) is 5.02 Å². The van der Waals surface area contributed by atoms with Gasteiger partial charge >= 0.3 is 5.97 Å². The number of nitrogen functional groups attached to an aromatic ring is 1. The number of hydrogen-bond acceptors (Lipinski definition) is 3. The van der Waals surface area contributed by atoms with Crippen LogP contribution in [0.3, 0.4) is 0 Å². The van der Waals surface area contributed by atoms with Crippen LogP contribution in [0.4, 0.5) is 10.1 Å². The van der Waals surface area contributed by atoms with Crippen LogP contribution in [-0.4, -0.2) is 11.1 Å². The highest BCUT2D eigenvalue weighted by molar-refractivity contribution is 6.30. The van der Waals surface area contributed by atoms with Gasteiger partial charge in [0.05, 0.1) is 11.3 Å². The predicted octanol–water partition coefficient (Wildman–Crippen LogP) is 3.55. The summed E-state index contributed by atoms with van der Waals surface area (Å²) >= 11 is 5.72. The van der Waals surface area contributed by atoms with Gasteiger partial charge in [-0.1, -0.05) is 11.6 Å². The van der Waals surface area contributed by atoms with E-state index in [4.69, 9.17) is 27.2 Å². The Morgan fingerprint density at radius 2 is 1.89 bits per heavy atom. The molecule has 0 saturated carbocycles. The first kappa shape index (κ1) is 13.2. The number of carboxylic acid groups (broad SMARTS) is 1. The van der Waals surface area contributed by atoms with Gasteiger partial charge < -0.3 is 15.6 Å². The van der Waals surface area contributed by atoms with Crippen LogP contribution in [-0.2, 0) is 0 Å². The third kappa shape index (κ3) is 2.95. The molecule has 3 N–H and O–H groups in total. The van der Waals surface area contributed by atoms with Crippen LogP contribution in [0, 0.1) is 5.82 Å². The molecule has 0 spiro atoms. The summed E-state index contributed by atoms with van der Waals surface area (Å²) in [6.07, 6.45) is 0. The maximum atomic E-state index is 13.5. The minimum absolute atomic E-state index is 0.0359. The molecule has 0 saturated heterocycles. The Balaban J connectivity index is 2.33. The summed E-state index contributed by atoms with van der Waals surface area (Å²) in [7, 11) is 0. The summed E-state index contributed by atoms with van der Waals surface area (Å²) in [5.74, 6) is -1.84. The Bertz CT molecular complexity index is 629. The molecule has 2 rings (SSSR count). The number of ether oxygens (including phenoxy) is 1. The molecule has 2 aromatic carbocycles. The molecule has 0 aliphatic heterocycles. The van der Waals surface area contributed by atoms with E-state index >= 15 is 0 Å². The predicted molar refractivity (Wildman–Crippen MR) is 69.3 cm³/mol. The largest absolute Gasteiger partial charge is 0.478 e. The molecule has 2 aromatic rings. The number of anilines is 1. The summed E-state index contributed by atoms with van der Waals surface area (Å²) in [6, 6.07) is 8.34. The zero-order valence-electron chi connectivity index (χ0n) is 9.56. The Morgan fingerprint density at radius 1 is 1.26 bits per heavy atom. The highest BCUT2D eigenvalue weighted by atomic mass is 35.5. The highest BCUT2D eigenvalue weighted by Gasteiger charge is 2.14. The lowest BCUT2D eigenvalue weighted by atomic mass is 10.1. The lowest BCUT2D eigenvalue weighted by Gasteiger charge is -2.09. The molecule has 0 aromatic heterocycles. The zero-order chi connectivity index (χ0) is 14.0. The van der Waals surface area contributed by atoms with Crippen molar-refractivity contribution in [2.24, 2.45) is 0 Å². The van der Waals surface area contributed by atoms with E-state index in [1.807, 2.05) is 0 Å². The van der Waals surface area contributed by atoms with Gasteiger partial charge in [0.1, 0.15) is 11.6 Å². The van der Waals surface area contributed by atoms with Gasteiger partial charge in [0, 0.05) is 11.1 Å². The van der Waals surface area contributed by atoms with Gasteiger partial charge in [-0.25, -0.2) is 9.18 Å². The van der Waals surface area contributed by atoms with Crippen molar-refractivity contribution >= 4 is 23.3 Å². The fourth-order valence-corrected chi connectivity index (χ4v) is 1.58. The van der Waals surface area contributed by atoms with Crippen LogP contribution in [0.15, 0.2) is 36.4 Å². The Labute approximate surface area is 113 Å². The summed E-state index contributed by atoms with van der Waals surface area (Å²) in [4.78, 5) is 10.7. The Morgan fingerprint density at radius 3 is 2.47 bits per heavy atom. The van der Waals surface area contributed by atoms with E-state index in [0.29, 0.717) is 10.8 Å². The Hall–Kier alpha value is -2.27. The average molecular weight is 282 g/mol. The summed E-state index contributed by atoms with van der Waals surface area (Å²) < 4.78 is 18.9. The minimum atomic E-state index is -1.39. The van der Waals surface area contributed by atoms with Gasteiger partial charge in [-0.15, -0.1) is 0 Å². The van der Waals surface area contributed by atoms with Crippen LogP contribution >= 0.6 is 11.6 Å². The third-order valence-corrected chi connectivity index (χ3v) is 2.62.